The van der Waals surface area contributed by atoms with E-state index in [9.17, 15) is 14.7 Å². The summed E-state index contributed by atoms with van der Waals surface area (Å²) < 4.78 is 7.27. The minimum atomic E-state index is -0.884. The number of carbonyl (C=O) groups is 2. The van der Waals surface area contributed by atoms with E-state index in [1.807, 2.05) is 25.3 Å². The van der Waals surface area contributed by atoms with Crippen molar-refractivity contribution >= 4 is 12.1 Å². The summed E-state index contributed by atoms with van der Waals surface area (Å²) in [6.45, 7) is 8.12. The van der Waals surface area contributed by atoms with E-state index in [4.69, 9.17) is 4.74 Å². The highest BCUT2D eigenvalue weighted by Gasteiger charge is 2.50. The first-order valence-corrected chi connectivity index (χ1v) is 7.89. The molecule has 1 aliphatic heterocycles. The second-order valence-electron chi connectivity index (χ2n) is 7.09. The molecule has 2 heterocycles. The fraction of sp³-hybridized carbons (Fsp3) is 0.688. The smallest absolute Gasteiger partial charge is 0.410 e. The number of likely N-dealkylation sites (tertiary alicyclic amines) is 1. The zero-order valence-corrected chi connectivity index (χ0v) is 14.2. The van der Waals surface area contributed by atoms with Crippen LogP contribution >= 0.6 is 0 Å². The molecule has 0 bridgehead atoms. The summed E-state index contributed by atoms with van der Waals surface area (Å²) in [4.78, 5) is 29.3. The summed E-state index contributed by atoms with van der Waals surface area (Å²) in [5.41, 5.74) is -1.20. The van der Waals surface area contributed by atoms with Gasteiger partial charge in [0.2, 0.25) is 0 Å². The number of aryl methyl sites for hydroxylation is 1. The minimum absolute atomic E-state index is 0.0423. The van der Waals surface area contributed by atoms with Gasteiger partial charge in [-0.25, -0.2) is 9.78 Å². The molecule has 0 saturated carbocycles. The van der Waals surface area contributed by atoms with Gasteiger partial charge >= 0.3 is 12.1 Å². The van der Waals surface area contributed by atoms with Gasteiger partial charge in [-0.3, -0.25) is 4.79 Å². The van der Waals surface area contributed by atoms with Gasteiger partial charge in [-0.1, -0.05) is 6.92 Å². The van der Waals surface area contributed by atoms with Crippen molar-refractivity contribution in [3.8, 4) is 0 Å². The van der Waals surface area contributed by atoms with Crippen LogP contribution in [0.3, 0.4) is 0 Å². The lowest BCUT2D eigenvalue weighted by atomic mass is 9.85. The number of ether oxygens (including phenoxy) is 1. The summed E-state index contributed by atoms with van der Waals surface area (Å²) in [6, 6.07) is 0. The van der Waals surface area contributed by atoms with Crippen LogP contribution < -0.4 is 0 Å². The molecular formula is C16H25N3O4. The summed E-state index contributed by atoms with van der Waals surface area (Å²) in [5, 5.41) is 9.28. The Balaban J connectivity index is 2.16. The Hall–Kier alpha value is -2.05. The van der Waals surface area contributed by atoms with E-state index in [2.05, 4.69) is 11.9 Å². The van der Waals surface area contributed by atoms with Crippen LogP contribution in [0.15, 0.2) is 12.4 Å². The minimum Gasteiger partial charge on any atom is -0.481 e. The van der Waals surface area contributed by atoms with E-state index in [-0.39, 0.29) is 6.42 Å². The van der Waals surface area contributed by atoms with Crippen molar-refractivity contribution in [2.45, 2.75) is 58.1 Å². The fourth-order valence-corrected chi connectivity index (χ4v) is 2.93. The number of carbonyl (C=O) groups excluding carboxylic acids is 1. The topological polar surface area (TPSA) is 84.7 Å². The van der Waals surface area contributed by atoms with Crippen molar-refractivity contribution in [2.75, 3.05) is 13.1 Å². The molecule has 23 heavy (non-hydrogen) atoms. The molecule has 0 aromatic carbocycles. The van der Waals surface area contributed by atoms with Gasteiger partial charge in [0, 0.05) is 31.9 Å². The second kappa shape index (κ2) is 6.22. The van der Waals surface area contributed by atoms with Crippen molar-refractivity contribution in [2.24, 2.45) is 0 Å². The molecule has 0 spiro atoms. The van der Waals surface area contributed by atoms with Gasteiger partial charge in [0.15, 0.2) is 0 Å². The maximum Gasteiger partial charge on any atom is 0.410 e. The monoisotopic (exact) mass is 323 g/mol. The first-order chi connectivity index (χ1) is 10.7. The Morgan fingerprint density at radius 3 is 2.57 bits per heavy atom. The van der Waals surface area contributed by atoms with Crippen LogP contribution in [0.1, 0.15) is 46.4 Å². The molecule has 0 unspecified atom stereocenters. The molecule has 0 radical (unpaired) electrons. The highest BCUT2D eigenvalue weighted by Crippen LogP contribution is 2.35. The van der Waals surface area contributed by atoms with Gasteiger partial charge in [-0.2, -0.15) is 0 Å². The molecule has 1 aromatic rings. The van der Waals surface area contributed by atoms with Crippen molar-refractivity contribution in [3.63, 3.8) is 0 Å². The highest BCUT2D eigenvalue weighted by atomic mass is 16.6. The molecule has 1 aromatic heterocycles. The second-order valence-corrected chi connectivity index (χ2v) is 7.09. The van der Waals surface area contributed by atoms with E-state index < -0.39 is 23.2 Å². The van der Waals surface area contributed by atoms with Crippen LogP contribution in [0.5, 0.6) is 0 Å². The highest BCUT2D eigenvalue weighted by molar-refractivity contribution is 5.72. The predicted octanol–water partition coefficient (Wildman–Crippen LogP) is 2.26. The van der Waals surface area contributed by atoms with Gasteiger partial charge in [0.25, 0.3) is 0 Å². The van der Waals surface area contributed by atoms with Gasteiger partial charge < -0.3 is 19.3 Å². The predicted molar refractivity (Wildman–Crippen MR) is 84.3 cm³/mol. The number of rotatable bonds is 5. The quantitative estimate of drug-likeness (QED) is 0.898. The number of hydrogen-bond donors (Lipinski definition) is 1. The largest absolute Gasteiger partial charge is 0.481 e. The molecule has 1 fully saturated rings. The Kier molecular flexibility index (Phi) is 4.68. The summed E-state index contributed by atoms with van der Waals surface area (Å²) in [7, 11) is 0. The Labute approximate surface area is 136 Å². The van der Waals surface area contributed by atoms with Crippen LogP contribution in [-0.2, 0) is 21.5 Å². The van der Waals surface area contributed by atoms with E-state index in [0.29, 0.717) is 13.1 Å². The third kappa shape index (κ3) is 3.83. The average Bonchev–Trinajstić information content (AvgIpc) is 2.79. The molecular weight excluding hydrogens is 298 g/mol. The van der Waals surface area contributed by atoms with E-state index in [1.165, 1.54) is 0 Å². The van der Waals surface area contributed by atoms with E-state index >= 15 is 0 Å². The number of aromatic nitrogens is 2. The lowest BCUT2D eigenvalue weighted by Gasteiger charge is -2.50. The number of amides is 1. The zero-order chi connectivity index (χ0) is 17.3. The average molecular weight is 323 g/mol. The molecule has 1 N–H and O–H groups in total. The third-order valence-electron chi connectivity index (χ3n) is 3.80. The molecule has 2 rings (SSSR count). The van der Waals surface area contributed by atoms with Crippen molar-refractivity contribution in [1.82, 2.24) is 14.5 Å². The van der Waals surface area contributed by atoms with Crippen molar-refractivity contribution in [3.05, 3.63) is 18.2 Å². The molecule has 1 amide bonds. The van der Waals surface area contributed by atoms with Crippen molar-refractivity contribution < 1.29 is 19.4 Å². The molecule has 7 nitrogen and oxygen atoms in total. The third-order valence-corrected chi connectivity index (χ3v) is 3.80. The lowest BCUT2D eigenvalue weighted by Crippen LogP contribution is -2.65. The zero-order valence-electron chi connectivity index (χ0n) is 14.2. The number of nitrogens with zero attached hydrogens (tertiary/aromatic N) is 3. The summed E-state index contributed by atoms with van der Waals surface area (Å²) in [5.74, 6) is -0.0254. The molecule has 7 heteroatoms. The van der Waals surface area contributed by atoms with Crippen LogP contribution in [0.2, 0.25) is 0 Å². The summed E-state index contributed by atoms with van der Waals surface area (Å²) in [6.07, 6.45) is 4.75. The van der Waals surface area contributed by atoms with Crippen molar-refractivity contribution in [1.29, 1.82) is 0 Å². The fourth-order valence-electron chi connectivity index (χ4n) is 2.93. The van der Waals surface area contributed by atoms with Gasteiger partial charge in [-0.05, 0) is 27.2 Å². The first-order valence-electron chi connectivity index (χ1n) is 7.89. The molecule has 1 saturated heterocycles. The lowest BCUT2D eigenvalue weighted by molar-refractivity contribution is -0.142. The number of carboxylic acid groups (broad SMARTS) is 1. The van der Waals surface area contributed by atoms with E-state index in [1.54, 1.807) is 17.3 Å². The Morgan fingerprint density at radius 2 is 2.04 bits per heavy atom. The van der Waals surface area contributed by atoms with Gasteiger partial charge in [0.05, 0.1) is 12.0 Å². The SMILES string of the molecule is CCCc1nccn1C1(CC(=O)O)CN(C(=O)OC(C)(C)C)C1. The summed E-state index contributed by atoms with van der Waals surface area (Å²) >= 11 is 0. The van der Waals surface area contributed by atoms with E-state index in [0.717, 1.165) is 18.7 Å². The first kappa shape index (κ1) is 17.3. The van der Waals surface area contributed by atoms with Gasteiger partial charge in [0.1, 0.15) is 11.4 Å². The van der Waals surface area contributed by atoms with Crippen LogP contribution in [0, 0.1) is 0 Å². The maximum atomic E-state index is 12.1. The standard InChI is InChI=1S/C16H25N3O4/c1-5-6-12-17-7-8-19(12)16(9-13(20)21)10-18(11-16)14(22)23-15(2,3)4/h7-8H,5-6,9-11H2,1-4H3,(H,20,21). The molecule has 128 valence electrons. The number of carboxylic acids is 1. The number of imidazole rings is 1. The molecule has 0 atom stereocenters. The maximum absolute atomic E-state index is 12.1. The Morgan fingerprint density at radius 1 is 1.39 bits per heavy atom. The number of aliphatic carboxylic acids is 1. The van der Waals surface area contributed by atoms with Crippen LogP contribution in [0.25, 0.3) is 0 Å². The number of hydrogen-bond acceptors (Lipinski definition) is 4. The normalized spacial score (nSPS) is 16.8. The van der Waals surface area contributed by atoms with Crippen LogP contribution in [-0.4, -0.2) is 50.3 Å². The van der Waals surface area contributed by atoms with Gasteiger partial charge in [-0.15, -0.1) is 0 Å². The molecule has 0 aliphatic carbocycles. The Bertz CT molecular complexity index is 582. The van der Waals surface area contributed by atoms with Crippen LogP contribution in [0.4, 0.5) is 4.79 Å². The molecule has 1 aliphatic rings.